The zero-order chi connectivity index (χ0) is 18.1. The van der Waals surface area contributed by atoms with E-state index in [9.17, 15) is 14.0 Å². The molecule has 0 saturated carbocycles. The van der Waals surface area contributed by atoms with Crippen molar-refractivity contribution >= 4 is 23.3 Å². The van der Waals surface area contributed by atoms with Crippen molar-refractivity contribution in [2.75, 3.05) is 11.6 Å². The highest BCUT2D eigenvalue weighted by Crippen LogP contribution is 2.29. The van der Waals surface area contributed by atoms with Crippen LogP contribution in [0.4, 0.5) is 10.3 Å². The van der Waals surface area contributed by atoms with E-state index in [0.717, 1.165) is 10.7 Å². The van der Waals surface area contributed by atoms with E-state index in [1.807, 2.05) is 0 Å². The van der Waals surface area contributed by atoms with Gasteiger partial charge in [-0.1, -0.05) is 23.7 Å². The number of nitrogens with zero attached hydrogens (tertiary/aromatic N) is 3. The summed E-state index contributed by atoms with van der Waals surface area (Å²) in [5, 5.41) is -0.188. The predicted octanol–water partition coefficient (Wildman–Crippen LogP) is 1.62. The molecule has 0 aliphatic rings. The average Bonchev–Trinajstić information content (AvgIpc) is 2.56. The average molecular weight is 360 g/mol. The van der Waals surface area contributed by atoms with Crippen LogP contribution in [0.1, 0.15) is 15.9 Å². The van der Waals surface area contributed by atoms with Gasteiger partial charge < -0.3 is 11.6 Å². The molecule has 2 heterocycles. The van der Waals surface area contributed by atoms with Crippen molar-refractivity contribution in [3.05, 3.63) is 75.0 Å². The number of carbonyl (C=O) groups is 1. The number of anilines is 1. The third-order valence-electron chi connectivity index (χ3n) is 3.41. The second kappa shape index (κ2) is 6.33. The first-order chi connectivity index (χ1) is 11.9. The van der Waals surface area contributed by atoms with E-state index in [-0.39, 0.29) is 27.9 Å². The molecule has 2 aromatic heterocycles. The van der Waals surface area contributed by atoms with E-state index < -0.39 is 17.2 Å². The van der Waals surface area contributed by atoms with Crippen LogP contribution in [0.3, 0.4) is 0 Å². The summed E-state index contributed by atoms with van der Waals surface area (Å²) < 4.78 is 14.3. The third kappa shape index (κ3) is 3.20. The number of hydrogen-bond donors (Lipinski definition) is 2. The second-order valence-corrected chi connectivity index (χ2v) is 5.46. The molecule has 0 aliphatic heterocycles. The summed E-state index contributed by atoms with van der Waals surface area (Å²) in [5.41, 5.74) is 5.59. The van der Waals surface area contributed by atoms with Gasteiger partial charge in [0.15, 0.2) is 5.78 Å². The molecule has 0 unspecified atom stereocenters. The van der Waals surface area contributed by atoms with Gasteiger partial charge in [-0.2, -0.15) is 0 Å². The van der Waals surface area contributed by atoms with Gasteiger partial charge in [-0.25, -0.2) is 19.0 Å². The molecular weight excluding hydrogens is 349 g/mol. The number of nitrogen functional groups attached to an aromatic ring is 2. The molecule has 0 aliphatic carbocycles. The fourth-order valence-corrected chi connectivity index (χ4v) is 2.54. The summed E-state index contributed by atoms with van der Waals surface area (Å²) in [5.74, 6) is 4.23. The lowest BCUT2D eigenvalue weighted by Crippen LogP contribution is -2.25. The van der Waals surface area contributed by atoms with Gasteiger partial charge in [-0.05, 0) is 18.2 Å². The third-order valence-corrected chi connectivity index (χ3v) is 3.68. The predicted molar refractivity (Wildman–Crippen MR) is 91.1 cm³/mol. The monoisotopic (exact) mass is 359 g/mol. The summed E-state index contributed by atoms with van der Waals surface area (Å²) in [6, 6.07) is 7.75. The van der Waals surface area contributed by atoms with Gasteiger partial charge in [0.1, 0.15) is 11.0 Å². The Morgan fingerprint density at radius 3 is 2.64 bits per heavy atom. The van der Waals surface area contributed by atoms with Gasteiger partial charge in [0.05, 0.1) is 11.3 Å². The lowest BCUT2D eigenvalue weighted by molar-refractivity contribution is 0.103. The minimum atomic E-state index is -0.589. The van der Waals surface area contributed by atoms with Gasteiger partial charge in [-0.3, -0.25) is 9.59 Å². The molecule has 0 saturated heterocycles. The van der Waals surface area contributed by atoms with Crippen LogP contribution in [-0.2, 0) is 0 Å². The van der Waals surface area contributed by atoms with E-state index >= 15 is 0 Å². The number of benzene rings is 1. The first-order valence-electron chi connectivity index (χ1n) is 6.98. The van der Waals surface area contributed by atoms with Crippen LogP contribution in [0.5, 0.6) is 0 Å². The van der Waals surface area contributed by atoms with Crippen molar-refractivity contribution in [2.45, 2.75) is 0 Å². The van der Waals surface area contributed by atoms with Crippen molar-refractivity contribution in [3.8, 4) is 11.3 Å². The highest BCUT2D eigenvalue weighted by molar-refractivity contribution is 6.34. The van der Waals surface area contributed by atoms with Crippen LogP contribution < -0.4 is 17.1 Å². The fourth-order valence-electron chi connectivity index (χ4n) is 2.28. The topological polar surface area (TPSA) is 117 Å². The molecule has 1 aromatic carbocycles. The Labute approximate surface area is 145 Å². The van der Waals surface area contributed by atoms with E-state index in [0.29, 0.717) is 5.56 Å². The molecule has 0 bridgehead atoms. The molecule has 0 fully saturated rings. The zero-order valence-corrected chi connectivity index (χ0v) is 13.4. The van der Waals surface area contributed by atoms with Gasteiger partial charge in [0.25, 0.3) is 5.56 Å². The number of ketones is 1. The number of halogens is 2. The standard InChI is InChI=1S/C16H11ClFN5O2/c17-15-12(14(25)8-2-1-3-10(18)6-8)13(21-16(19)22-15)9-4-5-11(24)23(20)7-9/h1-7H,20H2,(H2,19,21,22). The molecule has 3 aromatic rings. The van der Waals surface area contributed by atoms with Gasteiger partial charge in [0.2, 0.25) is 5.95 Å². The van der Waals surface area contributed by atoms with Crippen molar-refractivity contribution in [1.82, 2.24) is 14.6 Å². The number of pyridine rings is 1. The number of carbonyl (C=O) groups excluding carboxylic acids is 1. The molecule has 25 heavy (non-hydrogen) atoms. The Morgan fingerprint density at radius 2 is 1.96 bits per heavy atom. The van der Waals surface area contributed by atoms with Crippen molar-refractivity contribution < 1.29 is 9.18 Å². The van der Waals surface area contributed by atoms with Crippen molar-refractivity contribution in [3.63, 3.8) is 0 Å². The van der Waals surface area contributed by atoms with E-state index in [1.54, 1.807) is 0 Å². The highest BCUT2D eigenvalue weighted by Gasteiger charge is 2.22. The molecule has 126 valence electrons. The Bertz CT molecular complexity index is 1050. The maximum Gasteiger partial charge on any atom is 0.268 e. The van der Waals surface area contributed by atoms with Crippen LogP contribution in [0, 0.1) is 5.82 Å². The zero-order valence-electron chi connectivity index (χ0n) is 12.6. The van der Waals surface area contributed by atoms with E-state index in [1.165, 1.54) is 36.5 Å². The molecule has 4 N–H and O–H groups in total. The normalized spacial score (nSPS) is 10.6. The van der Waals surface area contributed by atoms with Crippen LogP contribution >= 0.6 is 11.6 Å². The Hall–Kier alpha value is -3.26. The Kier molecular flexibility index (Phi) is 4.20. The molecule has 3 rings (SSSR count). The summed E-state index contributed by atoms with van der Waals surface area (Å²) in [6.07, 6.45) is 1.28. The molecule has 0 amide bonds. The number of nitrogens with two attached hydrogens (primary N) is 2. The molecular formula is C16H11ClFN5O2. The largest absolute Gasteiger partial charge is 0.368 e. The molecule has 7 nitrogen and oxygen atoms in total. The summed E-state index contributed by atoms with van der Waals surface area (Å²) in [7, 11) is 0. The van der Waals surface area contributed by atoms with Crippen molar-refractivity contribution in [1.29, 1.82) is 0 Å². The van der Waals surface area contributed by atoms with Gasteiger partial charge in [0, 0.05) is 23.4 Å². The molecule has 0 atom stereocenters. The highest BCUT2D eigenvalue weighted by atomic mass is 35.5. The molecule has 9 heteroatoms. The first kappa shape index (κ1) is 16.6. The fraction of sp³-hybridized carbons (Fsp3) is 0. The number of hydrogen-bond acceptors (Lipinski definition) is 6. The van der Waals surface area contributed by atoms with Crippen LogP contribution in [0.15, 0.2) is 47.4 Å². The molecule has 0 radical (unpaired) electrons. The van der Waals surface area contributed by atoms with E-state index in [4.69, 9.17) is 23.2 Å². The smallest absolute Gasteiger partial charge is 0.268 e. The first-order valence-corrected chi connectivity index (χ1v) is 7.36. The van der Waals surface area contributed by atoms with Gasteiger partial charge >= 0.3 is 0 Å². The maximum atomic E-state index is 13.4. The Balaban J connectivity index is 2.24. The minimum absolute atomic E-state index is 0.0672. The summed E-state index contributed by atoms with van der Waals surface area (Å²) in [4.78, 5) is 32.1. The maximum absolute atomic E-state index is 13.4. The summed E-state index contributed by atoms with van der Waals surface area (Å²) >= 11 is 6.09. The van der Waals surface area contributed by atoms with E-state index in [2.05, 4.69) is 9.97 Å². The van der Waals surface area contributed by atoms with Crippen LogP contribution in [0.25, 0.3) is 11.3 Å². The number of rotatable bonds is 3. The SMILES string of the molecule is Nc1nc(Cl)c(C(=O)c2cccc(F)c2)c(-c2ccc(=O)n(N)c2)n1. The summed E-state index contributed by atoms with van der Waals surface area (Å²) in [6.45, 7) is 0. The van der Waals surface area contributed by atoms with Gasteiger partial charge in [-0.15, -0.1) is 0 Å². The minimum Gasteiger partial charge on any atom is -0.368 e. The van der Waals surface area contributed by atoms with Crippen LogP contribution in [0.2, 0.25) is 5.15 Å². The molecule has 0 spiro atoms. The van der Waals surface area contributed by atoms with Crippen molar-refractivity contribution in [2.24, 2.45) is 0 Å². The number of aromatic nitrogens is 3. The lowest BCUT2D eigenvalue weighted by Gasteiger charge is -2.11. The second-order valence-electron chi connectivity index (χ2n) is 5.10. The Morgan fingerprint density at radius 1 is 1.20 bits per heavy atom. The van der Waals surface area contributed by atoms with Crippen LogP contribution in [-0.4, -0.2) is 20.4 Å². The quantitative estimate of drug-likeness (QED) is 0.417. The lowest BCUT2D eigenvalue weighted by atomic mass is 10.00.